The molecule has 0 radical (unpaired) electrons. The van der Waals surface area contributed by atoms with Crippen molar-refractivity contribution in [2.45, 2.75) is 25.9 Å². The number of pyridine rings is 1. The predicted molar refractivity (Wildman–Crippen MR) is 133 cm³/mol. The molecule has 0 aliphatic heterocycles. The molecule has 3 aromatic carbocycles. The highest BCUT2D eigenvalue weighted by Crippen LogP contribution is 2.31. The molecule has 0 spiro atoms. The van der Waals surface area contributed by atoms with Crippen LogP contribution in [0.5, 0.6) is 11.5 Å². The number of rotatable bonds is 8. The molecule has 190 valence electrons. The molecule has 0 bridgehead atoms. The van der Waals surface area contributed by atoms with E-state index in [0.717, 1.165) is 25.0 Å². The van der Waals surface area contributed by atoms with Crippen LogP contribution in [0.15, 0.2) is 79.0 Å². The number of hydrogen-bond acceptors (Lipinski definition) is 5. The van der Waals surface area contributed by atoms with E-state index in [2.05, 4.69) is 10.3 Å². The van der Waals surface area contributed by atoms with Gasteiger partial charge in [-0.05, 0) is 65.7 Å². The molecule has 1 N–H and O–H groups in total. The summed E-state index contributed by atoms with van der Waals surface area (Å²) >= 11 is 0. The number of anilines is 1. The average molecular weight is 508 g/mol. The highest BCUT2D eigenvalue weighted by molar-refractivity contribution is 6.13. The highest BCUT2D eigenvalue weighted by atomic mass is 19.4. The standard InChI is InChI=1S/C28H23F3N2O4/c1-2-3-14-36-27(35)25-17-22(12-13-32-25)37-21-10-11-23-18(15-21)6-4-9-24(23)26(34)33-20-8-5-7-19(16-20)28(29,30)31/h4-13,15-17H,2-3,14H2,1H3,(H,33,34). The third-order valence-electron chi connectivity index (χ3n) is 5.45. The van der Waals surface area contributed by atoms with Crippen LogP contribution in [-0.4, -0.2) is 23.5 Å². The lowest BCUT2D eigenvalue weighted by molar-refractivity contribution is -0.137. The molecule has 0 saturated carbocycles. The fourth-order valence-corrected chi connectivity index (χ4v) is 3.60. The minimum atomic E-state index is -4.51. The van der Waals surface area contributed by atoms with Crippen LogP contribution in [-0.2, 0) is 10.9 Å². The Morgan fingerprint density at radius 3 is 2.51 bits per heavy atom. The Balaban J connectivity index is 1.52. The average Bonchev–Trinajstić information content (AvgIpc) is 2.88. The maximum atomic E-state index is 13.0. The first-order valence-electron chi connectivity index (χ1n) is 11.6. The Labute approximate surface area is 211 Å². The number of halogens is 3. The number of unbranched alkanes of at least 4 members (excludes halogenated alkanes) is 1. The van der Waals surface area contributed by atoms with Crippen molar-refractivity contribution >= 4 is 28.3 Å². The fraction of sp³-hybridized carbons (Fsp3) is 0.179. The minimum absolute atomic E-state index is 0.0403. The maximum Gasteiger partial charge on any atom is 0.416 e. The van der Waals surface area contributed by atoms with Gasteiger partial charge in [-0.15, -0.1) is 0 Å². The Kier molecular flexibility index (Phi) is 7.71. The number of carbonyl (C=O) groups is 2. The van der Waals surface area contributed by atoms with Crippen molar-refractivity contribution in [1.29, 1.82) is 0 Å². The maximum absolute atomic E-state index is 13.0. The molecule has 0 aliphatic carbocycles. The number of alkyl halides is 3. The van der Waals surface area contributed by atoms with Crippen LogP contribution in [0, 0.1) is 0 Å². The van der Waals surface area contributed by atoms with Crippen molar-refractivity contribution in [2.24, 2.45) is 0 Å². The lowest BCUT2D eigenvalue weighted by Crippen LogP contribution is -2.13. The smallest absolute Gasteiger partial charge is 0.416 e. The van der Waals surface area contributed by atoms with E-state index >= 15 is 0 Å². The molecule has 4 rings (SSSR count). The van der Waals surface area contributed by atoms with Crippen molar-refractivity contribution in [2.75, 3.05) is 11.9 Å². The fourth-order valence-electron chi connectivity index (χ4n) is 3.60. The summed E-state index contributed by atoms with van der Waals surface area (Å²) in [7, 11) is 0. The molecule has 37 heavy (non-hydrogen) atoms. The van der Waals surface area contributed by atoms with Gasteiger partial charge in [-0.3, -0.25) is 4.79 Å². The zero-order chi connectivity index (χ0) is 26.4. The number of carbonyl (C=O) groups excluding carboxylic acids is 2. The number of fused-ring (bicyclic) bond motifs is 1. The third kappa shape index (κ3) is 6.43. The van der Waals surface area contributed by atoms with Crippen molar-refractivity contribution < 1.29 is 32.2 Å². The van der Waals surface area contributed by atoms with Gasteiger partial charge < -0.3 is 14.8 Å². The summed E-state index contributed by atoms with van der Waals surface area (Å²) in [5.74, 6) is -0.234. The van der Waals surface area contributed by atoms with E-state index in [1.807, 2.05) is 6.92 Å². The Bertz CT molecular complexity index is 1440. The molecule has 1 heterocycles. The summed E-state index contributed by atoms with van der Waals surface area (Å²) in [5, 5.41) is 3.81. The first-order valence-corrected chi connectivity index (χ1v) is 11.6. The van der Waals surface area contributed by atoms with Crippen molar-refractivity contribution in [3.8, 4) is 11.5 Å². The Morgan fingerprint density at radius 1 is 0.946 bits per heavy atom. The molecular formula is C28H23F3N2O4. The van der Waals surface area contributed by atoms with E-state index in [9.17, 15) is 22.8 Å². The van der Waals surface area contributed by atoms with Crippen LogP contribution in [0.2, 0.25) is 0 Å². The largest absolute Gasteiger partial charge is 0.461 e. The molecule has 0 fully saturated rings. The summed E-state index contributed by atoms with van der Waals surface area (Å²) in [6.07, 6.45) is -1.40. The van der Waals surface area contributed by atoms with Gasteiger partial charge in [0.2, 0.25) is 0 Å². The Morgan fingerprint density at radius 2 is 1.73 bits per heavy atom. The SMILES string of the molecule is CCCCOC(=O)c1cc(Oc2ccc3c(C(=O)Nc4cccc(C(F)(F)F)c4)cccc3c2)ccn1. The molecule has 1 amide bonds. The molecule has 9 heteroatoms. The van der Waals surface area contributed by atoms with Gasteiger partial charge in [0.05, 0.1) is 12.2 Å². The normalized spacial score (nSPS) is 11.2. The van der Waals surface area contributed by atoms with E-state index in [0.29, 0.717) is 34.4 Å². The van der Waals surface area contributed by atoms with Crippen LogP contribution in [0.1, 0.15) is 46.2 Å². The van der Waals surface area contributed by atoms with E-state index in [4.69, 9.17) is 9.47 Å². The second kappa shape index (κ2) is 11.1. The van der Waals surface area contributed by atoms with E-state index < -0.39 is 23.6 Å². The predicted octanol–water partition coefficient (Wildman–Crippen LogP) is 7.26. The van der Waals surface area contributed by atoms with Gasteiger partial charge in [-0.1, -0.05) is 31.5 Å². The van der Waals surface area contributed by atoms with Crippen molar-refractivity contribution in [3.63, 3.8) is 0 Å². The summed E-state index contributed by atoms with van der Waals surface area (Å²) in [4.78, 5) is 29.1. The second-order valence-corrected chi connectivity index (χ2v) is 8.19. The highest BCUT2D eigenvalue weighted by Gasteiger charge is 2.30. The molecule has 6 nitrogen and oxygen atoms in total. The van der Waals surface area contributed by atoms with Crippen molar-refractivity contribution in [1.82, 2.24) is 4.98 Å². The first kappa shape index (κ1) is 25.7. The zero-order valence-electron chi connectivity index (χ0n) is 19.8. The number of aromatic nitrogens is 1. The quantitative estimate of drug-likeness (QED) is 0.200. The molecule has 1 aromatic heterocycles. The van der Waals surface area contributed by atoms with Gasteiger partial charge in [-0.2, -0.15) is 13.2 Å². The lowest BCUT2D eigenvalue weighted by atomic mass is 10.0. The van der Waals surface area contributed by atoms with Gasteiger partial charge in [0, 0.05) is 23.5 Å². The molecule has 0 atom stereocenters. The van der Waals surface area contributed by atoms with E-state index in [1.54, 1.807) is 42.5 Å². The van der Waals surface area contributed by atoms with Gasteiger partial charge in [0.25, 0.3) is 5.91 Å². The first-order chi connectivity index (χ1) is 17.7. The minimum Gasteiger partial charge on any atom is -0.461 e. The molecule has 0 aliphatic rings. The summed E-state index contributed by atoms with van der Waals surface area (Å²) in [5.41, 5.74) is -0.387. The summed E-state index contributed by atoms with van der Waals surface area (Å²) in [6.45, 7) is 2.31. The monoisotopic (exact) mass is 508 g/mol. The molecule has 0 unspecified atom stereocenters. The zero-order valence-corrected chi connectivity index (χ0v) is 19.8. The van der Waals surface area contributed by atoms with Crippen LogP contribution in [0.4, 0.5) is 18.9 Å². The van der Waals surface area contributed by atoms with Gasteiger partial charge in [0.1, 0.15) is 11.5 Å². The molecular weight excluding hydrogens is 485 g/mol. The third-order valence-corrected chi connectivity index (χ3v) is 5.45. The van der Waals surface area contributed by atoms with Crippen LogP contribution in [0.25, 0.3) is 10.8 Å². The topological polar surface area (TPSA) is 77.5 Å². The Hall–Kier alpha value is -4.40. The number of ether oxygens (including phenoxy) is 2. The van der Waals surface area contributed by atoms with Gasteiger partial charge in [-0.25, -0.2) is 9.78 Å². The van der Waals surface area contributed by atoms with Crippen LogP contribution in [0.3, 0.4) is 0 Å². The number of amides is 1. The second-order valence-electron chi connectivity index (χ2n) is 8.19. The number of hydrogen-bond donors (Lipinski definition) is 1. The number of nitrogens with one attached hydrogen (secondary N) is 1. The molecule has 4 aromatic rings. The number of esters is 1. The van der Waals surface area contributed by atoms with Gasteiger partial charge >= 0.3 is 12.1 Å². The number of benzene rings is 3. The molecule has 0 saturated heterocycles. The van der Waals surface area contributed by atoms with Crippen molar-refractivity contribution in [3.05, 3.63) is 95.8 Å². The lowest BCUT2D eigenvalue weighted by Gasteiger charge is -2.12. The van der Waals surface area contributed by atoms with E-state index in [1.165, 1.54) is 24.4 Å². The summed E-state index contributed by atoms with van der Waals surface area (Å²) < 4.78 is 50.1. The van der Waals surface area contributed by atoms with Gasteiger partial charge in [0.15, 0.2) is 5.69 Å². The van der Waals surface area contributed by atoms with Crippen LogP contribution >= 0.6 is 0 Å². The van der Waals surface area contributed by atoms with E-state index in [-0.39, 0.29) is 11.4 Å². The van der Waals surface area contributed by atoms with Crippen LogP contribution < -0.4 is 10.1 Å². The summed E-state index contributed by atoms with van der Waals surface area (Å²) in [6, 6.07) is 17.7. The number of nitrogens with zero attached hydrogens (tertiary/aromatic N) is 1.